The second-order valence-electron chi connectivity index (χ2n) is 8.80. The molecule has 3 aromatic rings. The molecule has 0 radical (unpaired) electrons. The first-order valence-corrected chi connectivity index (χ1v) is 15.2. The number of allylic oxidation sites excluding steroid dienone is 2. The molecule has 0 saturated carbocycles. The lowest BCUT2D eigenvalue weighted by Gasteiger charge is -2.18. The number of carbonyl (C=O) groups excluding carboxylic acids is 1. The number of benzene rings is 2. The standard InChI is InChI=1S/C25H24N2O12S2/c28-16-37-18-7-9-20-22(15-18)39-24(27(20)11-3-13-41(34,35)36)5-1-4-23-26(10-2-12-40(31,32)33)19-8-6-17(25(29)30)14-21(19)38-23/h1,4-9,14-16H,2-3,10-13H2,(H2-,29,30,31,32,33,34,35,36). The first kappa shape index (κ1) is 29.7. The predicted molar refractivity (Wildman–Crippen MR) is 142 cm³/mol. The van der Waals surface area contributed by atoms with Gasteiger partial charge in [0.1, 0.15) is 5.75 Å². The van der Waals surface area contributed by atoms with Crippen LogP contribution >= 0.6 is 0 Å². The van der Waals surface area contributed by atoms with Gasteiger partial charge in [-0.1, -0.05) is 0 Å². The number of aromatic nitrogens is 1. The maximum atomic E-state index is 11.4. The fraction of sp³-hybridized carbons (Fsp3) is 0.240. The van der Waals surface area contributed by atoms with E-state index in [1.807, 2.05) is 0 Å². The fourth-order valence-electron chi connectivity index (χ4n) is 4.18. The number of nitrogens with zero attached hydrogens (tertiary/aromatic N) is 2. The topological polar surface area (TPSA) is 205 Å². The summed E-state index contributed by atoms with van der Waals surface area (Å²) in [6, 6.07) is 8.81. The van der Waals surface area contributed by atoms with Gasteiger partial charge in [-0.3, -0.25) is 9.35 Å². The molecule has 1 aromatic heterocycles. The minimum absolute atomic E-state index is 0.00548. The van der Waals surface area contributed by atoms with Gasteiger partial charge in [0, 0.05) is 36.9 Å². The quantitative estimate of drug-likeness (QED) is 0.162. The van der Waals surface area contributed by atoms with Crippen LogP contribution in [0.5, 0.6) is 11.5 Å². The van der Waals surface area contributed by atoms with Crippen molar-refractivity contribution in [2.45, 2.75) is 19.4 Å². The molecule has 16 heteroatoms. The Labute approximate surface area is 234 Å². The fourth-order valence-corrected chi connectivity index (χ4v) is 5.16. The number of hydrogen-bond donors (Lipinski definition) is 2. The first-order chi connectivity index (χ1) is 19.3. The van der Waals surface area contributed by atoms with Gasteiger partial charge in [0.25, 0.3) is 22.1 Å². The van der Waals surface area contributed by atoms with E-state index >= 15 is 0 Å². The Morgan fingerprint density at radius 3 is 2.56 bits per heavy atom. The molecule has 2 aromatic carbocycles. The second kappa shape index (κ2) is 12.1. The van der Waals surface area contributed by atoms with Crippen LogP contribution in [0.3, 0.4) is 0 Å². The Kier molecular flexibility index (Phi) is 8.77. The zero-order valence-electron chi connectivity index (χ0n) is 21.2. The summed E-state index contributed by atoms with van der Waals surface area (Å²) in [7, 11) is -8.64. The van der Waals surface area contributed by atoms with Crippen LogP contribution in [-0.2, 0) is 31.6 Å². The highest BCUT2D eigenvalue weighted by molar-refractivity contribution is 7.85. The normalized spacial score (nSPS) is 14.5. The van der Waals surface area contributed by atoms with Crippen LogP contribution in [0.1, 0.15) is 29.1 Å². The summed E-state index contributed by atoms with van der Waals surface area (Å²) in [5, 5.41) is 9.31. The minimum Gasteiger partial charge on any atom is -0.748 e. The molecule has 1 aliphatic heterocycles. The van der Waals surface area contributed by atoms with E-state index in [9.17, 15) is 36.1 Å². The zero-order valence-corrected chi connectivity index (χ0v) is 22.8. The van der Waals surface area contributed by atoms with E-state index in [1.165, 1.54) is 48.6 Å². The largest absolute Gasteiger partial charge is 0.748 e. The molecule has 41 heavy (non-hydrogen) atoms. The monoisotopic (exact) mass is 608 g/mol. The number of ether oxygens (including phenoxy) is 2. The average Bonchev–Trinajstić information content (AvgIpc) is 3.39. The maximum absolute atomic E-state index is 11.4. The van der Waals surface area contributed by atoms with Gasteiger partial charge >= 0.3 is 11.9 Å². The van der Waals surface area contributed by atoms with E-state index < -0.39 is 37.7 Å². The van der Waals surface area contributed by atoms with Crippen molar-refractivity contribution in [1.29, 1.82) is 0 Å². The van der Waals surface area contributed by atoms with Gasteiger partial charge in [-0.15, -0.1) is 0 Å². The minimum atomic E-state index is -4.44. The number of carboxylic acid groups (broad SMARTS) is 1. The summed E-state index contributed by atoms with van der Waals surface area (Å²) >= 11 is 0. The zero-order chi connectivity index (χ0) is 29.8. The summed E-state index contributed by atoms with van der Waals surface area (Å²) < 4.78 is 83.0. The van der Waals surface area contributed by atoms with Gasteiger partial charge < -0.3 is 28.5 Å². The molecule has 0 bridgehead atoms. The summed E-state index contributed by atoms with van der Waals surface area (Å²) in [6.07, 6.45) is 4.64. The van der Waals surface area contributed by atoms with Crippen LogP contribution in [0.25, 0.3) is 17.2 Å². The van der Waals surface area contributed by atoms with Crippen LogP contribution in [0.4, 0.5) is 5.69 Å². The maximum Gasteiger partial charge on any atom is 0.374 e. The number of hydrogen-bond acceptors (Lipinski definition) is 11. The number of fused-ring (bicyclic) bond motifs is 2. The van der Waals surface area contributed by atoms with Crippen LogP contribution < -0.4 is 18.9 Å². The Morgan fingerprint density at radius 2 is 1.88 bits per heavy atom. The highest BCUT2D eigenvalue weighted by Crippen LogP contribution is 2.41. The summed E-state index contributed by atoms with van der Waals surface area (Å²) in [5.41, 5.74) is 1.25. The Hall–Kier alpha value is -4.25. The van der Waals surface area contributed by atoms with Crippen LogP contribution in [0, 0.1) is 0 Å². The molecule has 2 heterocycles. The van der Waals surface area contributed by atoms with Gasteiger partial charge in [-0.2, -0.15) is 13.0 Å². The van der Waals surface area contributed by atoms with Gasteiger partial charge in [0.2, 0.25) is 11.5 Å². The van der Waals surface area contributed by atoms with Crippen molar-refractivity contribution < 1.29 is 59.1 Å². The van der Waals surface area contributed by atoms with Gasteiger partial charge in [-0.25, -0.2) is 13.2 Å². The molecule has 0 unspecified atom stereocenters. The first-order valence-electron chi connectivity index (χ1n) is 12.0. The molecular weight excluding hydrogens is 584 g/mol. The van der Waals surface area contributed by atoms with E-state index in [1.54, 1.807) is 15.5 Å². The van der Waals surface area contributed by atoms with Crippen molar-refractivity contribution >= 4 is 55.5 Å². The lowest BCUT2D eigenvalue weighted by Crippen LogP contribution is -2.36. The SMILES string of the molecule is O=COc1ccc2c(c1)O/C(=C\C=C\c1oc3cc(C(=O)O)ccc3[n+]1CCCS(=O)(=O)O)N2CCCS(=O)(=O)[O-]. The van der Waals surface area contributed by atoms with Gasteiger partial charge in [0.05, 0.1) is 33.2 Å². The average molecular weight is 609 g/mol. The second-order valence-corrected chi connectivity index (χ2v) is 11.9. The van der Waals surface area contributed by atoms with Gasteiger partial charge in [-0.05, 0) is 36.8 Å². The van der Waals surface area contributed by atoms with Crippen LogP contribution in [0.2, 0.25) is 0 Å². The highest BCUT2D eigenvalue weighted by atomic mass is 32.2. The molecule has 4 rings (SSSR count). The van der Waals surface area contributed by atoms with Crippen molar-refractivity contribution in [3.05, 3.63) is 65.9 Å². The Bertz CT molecular complexity index is 1760. The number of carbonyl (C=O) groups is 2. The third kappa shape index (κ3) is 7.69. The predicted octanol–water partition coefficient (Wildman–Crippen LogP) is 1.92. The van der Waals surface area contributed by atoms with E-state index in [-0.39, 0.29) is 61.1 Å². The molecule has 0 aliphatic carbocycles. The number of anilines is 1. The highest BCUT2D eigenvalue weighted by Gasteiger charge is 2.27. The van der Waals surface area contributed by atoms with Crippen molar-refractivity contribution in [3.8, 4) is 11.5 Å². The number of carboxylic acids is 1. The Balaban J connectivity index is 1.66. The van der Waals surface area contributed by atoms with E-state index in [0.29, 0.717) is 17.0 Å². The third-order valence-corrected chi connectivity index (χ3v) is 7.50. The molecule has 0 saturated heterocycles. The summed E-state index contributed by atoms with van der Waals surface area (Å²) in [5.74, 6) is -1.22. The number of aryl methyl sites for hydroxylation is 1. The van der Waals surface area contributed by atoms with E-state index in [4.69, 9.17) is 18.4 Å². The van der Waals surface area contributed by atoms with Crippen molar-refractivity contribution in [3.63, 3.8) is 0 Å². The van der Waals surface area contributed by atoms with Crippen molar-refractivity contribution in [1.82, 2.24) is 0 Å². The van der Waals surface area contributed by atoms with Crippen LogP contribution in [0.15, 0.2) is 58.9 Å². The molecule has 0 amide bonds. The lowest BCUT2D eigenvalue weighted by atomic mass is 10.2. The molecule has 0 atom stereocenters. The molecule has 218 valence electrons. The molecular formula is C25H24N2O12S2. The number of aromatic carboxylic acids is 1. The van der Waals surface area contributed by atoms with Gasteiger partial charge in [0.15, 0.2) is 12.3 Å². The molecule has 0 fully saturated rings. The van der Waals surface area contributed by atoms with Crippen LogP contribution in [-0.4, -0.2) is 61.5 Å². The number of oxazole rings is 1. The lowest BCUT2D eigenvalue weighted by molar-refractivity contribution is -0.677. The molecule has 1 aliphatic rings. The molecule has 0 spiro atoms. The smallest absolute Gasteiger partial charge is 0.374 e. The Morgan fingerprint density at radius 1 is 1.10 bits per heavy atom. The van der Waals surface area contributed by atoms with Crippen molar-refractivity contribution in [2.24, 2.45) is 0 Å². The van der Waals surface area contributed by atoms with Crippen molar-refractivity contribution in [2.75, 3.05) is 23.0 Å². The number of rotatable bonds is 13. The van der Waals surface area contributed by atoms with E-state index in [2.05, 4.69) is 0 Å². The van der Waals surface area contributed by atoms with E-state index in [0.717, 1.165) is 0 Å². The third-order valence-electron chi connectivity index (χ3n) is 5.90. The molecule has 14 nitrogen and oxygen atoms in total. The summed E-state index contributed by atoms with van der Waals surface area (Å²) in [6.45, 7) is 0.484. The molecule has 2 N–H and O–H groups in total. The summed E-state index contributed by atoms with van der Waals surface area (Å²) in [4.78, 5) is 23.7.